The Kier molecular flexibility index (Phi) is 3.59. The zero-order valence-corrected chi connectivity index (χ0v) is 11.1. The third-order valence-electron chi connectivity index (χ3n) is 3.10. The molecule has 0 radical (unpaired) electrons. The van der Waals surface area contributed by atoms with Gasteiger partial charge in [-0.25, -0.2) is 12.8 Å². The van der Waals surface area contributed by atoms with Crippen LogP contribution in [-0.2, 0) is 10.0 Å². The Balaban J connectivity index is 2.35. The molecule has 100 valence electrons. The number of sulfonamides is 1. The Labute approximate surface area is 107 Å². The Morgan fingerprint density at radius 3 is 2.67 bits per heavy atom. The summed E-state index contributed by atoms with van der Waals surface area (Å²) in [5, 5.41) is 0. The number of hydrogen-bond acceptors (Lipinski definition) is 3. The van der Waals surface area contributed by atoms with E-state index in [1.807, 2.05) is 0 Å². The van der Waals surface area contributed by atoms with Gasteiger partial charge in [0.1, 0.15) is 10.7 Å². The third-order valence-corrected chi connectivity index (χ3v) is 5.10. The molecule has 0 amide bonds. The van der Waals surface area contributed by atoms with Crippen LogP contribution in [0, 0.1) is 11.7 Å². The molecule has 0 unspecified atom stereocenters. The van der Waals surface area contributed by atoms with Gasteiger partial charge in [0.2, 0.25) is 10.0 Å². The standard InChI is InChI=1S/C12H17FN2O2S/c1-2-15(8-9-3-4-9)18(16,17)12-7-10(13)5-6-11(12)14/h5-7,9H,2-4,8,14H2,1H3. The number of nitrogen functional groups attached to an aromatic ring is 1. The highest BCUT2D eigenvalue weighted by atomic mass is 32.2. The fourth-order valence-electron chi connectivity index (χ4n) is 1.86. The molecule has 18 heavy (non-hydrogen) atoms. The van der Waals surface area contributed by atoms with E-state index in [1.165, 1.54) is 10.4 Å². The molecule has 1 fully saturated rings. The van der Waals surface area contributed by atoms with Crippen LogP contribution < -0.4 is 5.73 Å². The number of hydrogen-bond donors (Lipinski definition) is 1. The van der Waals surface area contributed by atoms with Crippen LogP contribution in [0.4, 0.5) is 10.1 Å². The van der Waals surface area contributed by atoms with Gasteiger partial charge >= 0.3 is 0 Å². The van der Waals surface area contributed by atoms with Crippen molar-refractivity contribution in [2.75, 3.05) is 18.8 Å². The minimum atomic E-state index is -3.69. The summed E-state index contributed by atoms with van der Waals surface area (Å²) >= 11 is 0. The molecule has 0 aliphatic heterocycles. The first kappa shape index (κ1) is 13.3. The summed E-state index contributed by atoms with van der Waals surface area (Å²) < 4.78 is 39.3. The molecule has 0 atom stereocenters. The summed E-state index contributed by atoms with van der Waals surface area (Å²) in [7, 11) is -3.69. The van der Waals surface area contributed by atoms with Crippen LogP contribution in [0.25, 0.3) is 0 Å². The first-order chi connectivity index (χ1) is 8.45. The van der Waals surface area contributed by atoms with Crippen molar-refractivity contribution in [3.8, 4) is 0 Å². The van der Waals surface area contributed by atoms with Gasteiger partial charge in [0, 0.05) is 13.1 Å². The Bertz CT molecular complexity index is 541. The van der Waals surface area contributed by atoms with Crippen molar-refractivity contribution in [3.05, 3.63) is 24.0 Å². The van der Waals surface area contributed by atoms with Gasteiger partial charge in [0.15, 0.2) is 0 Å². The highest BCUT2D eigenvalue weighted by molar-refractivity contribution is 7.89. The van der Waals surface area contributed by atoms with E-state index in [4.69, 9.17) is 5.73 Å². The first-order valence-corrected chi connectivity index (χ1v) is 7.44. The highest BCUT2D eigenvalue weighted by Gasteiger charge is 2.31. The van der Waals surface area contributed by atoms with Crippen LogP contribution in [0.1, 0.15) is 19.8 Å². The van der Waals surface area contributed by atoms with E-state index in [-0.39, 0.29) is 10.6 Å². The van der Waals surface area contributed by atoms with Crippen LogP contribution in [0.2, 0.25) is 0 Å². The molecule has 1 aromatic carbocycles. The minimum absolute atomic E-state index is 0.0886. The SMILES string of the molecule is CCN(CC1CC1)S(=O)(=O)c1cc(F)ccc1N. The van der Waals surface area contributed by atoms with Gasteiger partial charge in [-0.2, -0.15) is 4.31 Å². The third kappa shape index (κ3) is 2.64. The van der Waals surface area contributed by atoms with Gasteiger partial charge in [0.05, 0.1) is 5.69 Å². The maximum atomic E-state index is 13.2. The molecule has 1 aliphatic carbocycles. The van der Waals surface area contributed by atoms with Gasteiger partial charge in [-0.1, -0.05) is 6.92 Å². The predicted molar refractivity (Wildman–Crippen MR) is 68.0 cm³/mol. The summed E-state index contributed by atoms with van der Waals surface area (Å²) in [5.74, 6) is -0.153. The normalized spacial score (nSPS) is 16.2. The van der Waals surface area contributed by atoms with E-state index in [0.29, 0.717) is 19.0 Å². The molecule has 4 nitrogen and oxygen atoms in total. The molecule has 0 saturated heterocycles. The van der Waals surface area contributed by atoms with Gasteiger partial charge in [-0.3, -0.25) is 0 Å². The maximum Gasteiger partial charge on any atom is 0.245 e. The molecule has 2 rings (SSSR count). The largest absolute Gasteiger partial charge is 0.398 e. The molecule has 2 N–H and O–H groups in total. The molecule has 1 aliphatic rings. The second kappa shape index (κ2) is 4.85. The van der Waals surface area contributed by atoms with Gasteiger partial charge in [-0.15, -0.1) is 0 Å². The van der Waals surface area contributed by atoms with E-state index in [0.717, 1.165) is 25.0 Å². The zero-order chi connectivity index (χ0) is 13.3. The molecule has 0 bridgehead atoms. The number of nitrogens with two attached hydrogens (primary N) is 1. The quantitative estimate of drug-likeness (QED) is 0.832. The van der Waals surface area contributed by atoms with Crippen LogP contribution in [0.5, 0.6) is 0 Å². The van der Waals surface area contributed by atoms with E-state index >= 15 is 0 Å². The Hall–Kier alpha value is -1.14. The lowest BCUT2D eigenvalue weighted by molar-refractivity contribution is 0.412. The zero-order valence-electron chi connectivity index (χ0n) is 10.3. The maximum absolute atomic E-state index is 13.2. The van der Waals surface area contributed by atoms with Crippen molar-refractivity contribution in [1.82, 2.24) is 4.31 Å². The Morgan fingerprint density at radius 1 is 1.44 bits per heavy atom. The second-order valence-corrected chi connectivity index (χ2v) is 6.49. The molecular weight excluding hydrogens is 255 g/mol. The second-order valence-electron chi connectivity index (χ2n) is 4.58. The summed E-state index contributed by atoms with van der Waals surface area (Å²) in [6.07, 6.45) is 2.12. The van der Waals surface area contributed by atoms with Gasteiger partial charge in [-0.05, 0) is 37.0 Å². The van der Waals surface area contributed by atoms with Crippen molar-refractivity contribution in [1.29, 1.82) is 0 Å². The van der Waals surface area contributed by atoms with Crippen LogP contribution in [-0.4, -0.2) is 25.8 Å². The molecule has 0 heterocycles. The number of anilines is 1. The monoisotopic (exact) mass is 272 g/mol. The summed E-state index contributed by atoms with van der Waals surface area (Å²) in [6.45, 7) is 2.64. The van der Waals surface area contributed by atoms with E-state index in [2.05, 4.69) is 0 Å². The number of benzene rings is 1. The smallest absolute Gasteiger partial charge is 0.245 e. The number of nitrogens with zero attached hydrogens (tertiary/aromatic N) is 1. The van der Waals surface area contributed by atoms with Gasteiger partial charge < -0.3 is 5.73 Å². The van der Waals surface area contributed by atoms with Crippen LogP contribution in [0.3, 0.4) is 0 Å². The van der Waals surface area contributed by atoms with E-state index < -0.39 is 15.8 Å². The molecule has 6 heteroatoms. The lowest BCUT2D eigenvalue weighted by atomic mass is 10.3. The van der Waals surface area contributed by atoms with Gasteiger partial charge in [0.25, 0.3) is 0 Å². The molecule has 1 saturated carbocycles. The summed E-state index contributed by atoms with van der Waals surface area (Å²) in [6, 6.07) is 3.43. The van der Waals surface area contributed by atoms with Crippen molar-refractivity contribution in [2.24, 2.45) is 5.92 Å². The first-order valence-electron chi connectivity index (χ1n) is 6.00. The van der Waals surface area contributed by atoms with Crippen molar-refractivity contribution >= 4 is 15.7 Å². The average Bonchev–Trinajstić information content (AvgIpc) is 3.12. The predicted octanol–water partition coefficient (Wildman–Crippen LogP) is 1.83. The lowest BCUT2D eigenvalue weighted by Gasteiger charge is -2.21. The molecular formula is C12H17FN2O2S. The fourth-order valence-corrected chi connectivity index (χ4v) is 3.51. The van der Waals surface area contributed by atoms with E-state index in [9.17, 15) is 12.8 Å². The minimum Gasteiger partial charge on any atom is -0.398 e. The summed E-state index contributed by atoms with van der Waals surface area (Å²) in [5.41, 5.74) is 5.73. The van der Waals surface area contributed by atoms with Crippen LogP contribution >= 0.6 is 0 Å². The summed E-state index contributed by atoms with van der Waals surface area (Å²) in [4.78, 5) is -0.134. The number of rotatable bonds is 5. The lowest BCUT2D eigenvalue weighted by Crippen LogP contribution is -2.33. The van der Waals surface area contributed by atoms with Crippen molar-refractivity contribution < 1.29 is 12.8 Å². The van der Waals surface area contributed by atoms with Crippen LogP contribution in [0.15, 0.2) is 23.1 Å². The Morgan fingerprint density at radius 2 is 2.11 bits per heavy atom. The topological polar surface area (TPSA) is 63.4 Å². The fraction of sp³-hybridized carbons (Fsp3) is 0.500. The van der Waals surface area contributed by atoms with E-state index in [1.54, 1.807) is 6.92 Å². The number of halogens is 1. The highest BCUT2D eigenvalue weighted by Crippen LogP contribution is 2.32. The molecule has 1 aromatic rings. The average molecular weight is 272 g/mol. The van der Waals surface area contributed by atoms with Crippen molar-refractivity contribution in [3.63, 3.8) is 0 Å². The molecule has 0 spiro atoms. The van der Waals surface area contributed by atoms with Crippen molar-refractivity contribution in [2.45, 2.75) is 24.7 Å². The molecule has 0 aromatic heterocycles.